The van der Waals surface area contributed by atoms with Gasteiger partial charge in [0, 0.05) is 10.6 Å². The molecule has 7 heteroatoms. The molecular weight excluding hydrogens is 405 g/mol. The standard InChI is InChI=1S/C22H20ClF3O3/c1-20(2)18(27)17(19(28)21(3,4)29-20)15-11-13(7-10-16(15)22(24,25)26)12-5-8-14(23)9-6-12/h5-11,27H,1-4H3. The van der Waals surface area contributed by atoms with Crippen molar-refractivity contribution in [2.24, 2.45) is 0 Å². The Kier molecular flexibility index (Phi) is 5.08. The molecule has 0 radical (unpaired) electrons. The van der Waals surface area contributed by atoms with E-state index in [0.717, 1.165) is 6.07 Å². The molecule has 154 valence electrons. The van der Waals surface area contributed by atoms with Crippen LogP contribution in [-0.4, -0.2) is 22.1 Å². The van der Waals surface area contributed by atoms with Crippen LogP contribution in [0.4, 0.5) is 13.2 Å². The molecule has 2 aromatic rings. The molecule has 3 nitrogen and oxygen atoms in total. The summed E-state index contributed by atoms with van der Waals surface area (Å²) in [5.41, 5.74) is -3.40. The number of Topliss-reactive ketones (excluding diaryl/α,β-unsaturated/α-hetero) is 1. The number of ketones is 1. The molecule has 1 aliphatic rings. The topological polar surface area (TPSA) is 46.5 Å². The van der Waals surface area contributed by atoms with E-state index in [4.69, 9.17) is 16.3 Å². The van der Waals surface area contributed by atoms with Gasteiger partial charge in [-0.15, -0.1) is 0 Å². The number of aliphatic hydroxyl groups is 1. The molecule has 0 fully saturated rings. The second-order valence-electron chi connectivity index (χ2n) is 7.94. The van der Waals surface area contributed by atoms with E-state index in [0.29, 0.717) is 16.1 Å². The van der Waals surface area contributed by atoms with Crippen LogP contribution in [0.3, 0.4) is 0 Å². The van der Waals surface area contributed by atoms with Crippen molar-refractivity contribution in [3.05, 3.63) is 64.4 Å². The molecule has 0 spiro atoms. The lowest BCUT2D eigenvalue weighted by atomic mass is 9.81. The van der Waals surface area contributed by atoms with Gasteiger partial charge >= 0.3 is 6.18 Å². The summed E-state index contributed by atoms with van der Waals surface area (Å²) in [6, 6.07) is 10.1. The van der Waals surface area contributed by atoms with Gasteiger partial charge in [0.25, 0.3) is 0 Å². The second-order valence-corrected chi connectivity index (χ2v) is 8.38. The zero-order chi connectivity index (χ0) is 21.8. The average molecular weight is 425 g/mol. The first-order chi connectivity index (χ1) is 13.2. The van der Waals surface area contributed by atoms with Crippen LogP contribution in [0, 0.1) is 0 Å². The molecule has 1 heterocycles. The highest BCUT2D eigenvalue weighted by Crippen LogP contribution is 2.44. The molecule has 0 saturated carbocycles. The summed E-state index contributed by atoms with van der Waals surface area (Å²) in [6.07, 6.45) is -4.71. The SMILES string of the molecule is CC1(C)OC(C)(C)C(O)=C(c2cc(-c3ccc(Cl)cc3)ccc2C(F)(F)F)C1=O. The summed E-state index contributed by atoms with van der Waals surface area (Å²) in [6.45, 7) is 5.96. The lowest BCUT2D eigenvalue weighted by molar-refractivity contribution is -0.158. The fourth-order valence-electron chi connectivity index (χ4n) is 3.51. The van der Waals surface area contributed by atoms with Gasteiger partial charge in [0.1, 0.15) is 17.0 Å². The van der Waals surface area contributed by atoms with Gasteiger partial charge < -0.3 is 9.84 Å². The molecule has 1 N–H and O–H groups in total. The zero-order valence-corrected chi connectivity index (χ0v) is 17.1. The molecule has 0 amide bonds. The highest BCUT2D eigenvalue weighted by atomic mass is 35.5. The number of ether oxygens (including phenoxy) is 1. The fraction of sp³-hybridized carbons (Fsp3) is 0.318. The van der Waals surface area contributed by atoms with E-state index in [1.807, 2.05) is 0 Å². The maximum Gasteiger partial charge on any atom is 0.417 e. The van der Waals surface area contributed by atoms with E-state index in [2.05, 4.69) is 0 Å². The quantitative estimate of drug-likeness (QED) is 0.602. The Hall–Kier alpha value is -2.31. The summed E-state index contributed by atoms with van der Waals surface area (Å²) in [7, 11) is 0. The highest BCUT2D eigenvalue weighted by molar-refractivity contribution is 6.30. The third-order valence-corrected chi connectivity index (χ3v) is 5.12. The highest BCUT2D eigenvalue weighted by Gasteiger charge is 2.48. The number of aliphatic hydroxyl groups excluding tert-OH is 1. The average Bonchev–Trinajstić information content (AvgIpc) is 2.59. The largest absolute Gasteiger partial charge is 0.508 e. The van der Waals surface area contributed by atoms with Gasteiger partial charge in [-0.05, 0) is 63.1 Å². The second kappa shape index (κ2) is 6.89. The Morgan fingerprint density at radius 2 is 1.48 bits per heavy atom. The number of benzene rings is 2. The molecule has 29 heavy (non-hydrogen) atoms. The van der Waals surface area contributed by atoms with Crippen molar-refractivity contribution in [1.29, 1.82) is 0 Å². The first kappa shape index (κ1) is 21.4. The van der Waals surface area contributed by atoms with E-state index in [9.17, 15) is 23.1 Å². The van der Waals surface area contributed by atoms with Crippen LogP contribution < -0.4 is 0 Å². The minimum absolute atomic E-state index is 0.378. The number of hydrogen-bond acceptors (Lipinski definition) is 3. The number of carbonyl (C=O) groups excluding carboxylic acids is 1. The van der Waals surface area contributed by atoms with Gasteiger partial charge in [0.2, 0.25) is 0 Å². The fourth-order valence-corrected chi connectivity index (χ4v) is 3.64. The minimum Gasteiger partial charge on any atom is -0.508 e. The predicted octanol–water partition coefficient (Wildman–Crippen LogP) is 6.45. The maximum atomic E-state index is 13.8. The van der Waals surface area contributed by atoms with Crippen molar-refractivity contribution in [2.45, 2.75) is 45.1 Å². The summed E-state index contributed by atoms with van der Waals surface area (Å²) in [5.74, 6) is -1.24. The van der Waals surface area contributed by atoms with Gasteiger partial charge in [-0.2, -0.15) is 13.2 Å². The molecule has 0 aromatic heterocycles. The molecule has 2 aromatic carbocycles. The number of hydrogen-bond donors (Lipinski definition) is 1. The molecule has 0 saturated heterocycles. The number of halogens is 4. The van der Waals surface area contributed by atoms with Crippen molar-refractivity contribution >= 4 is 23.0 Å². The van der Waals surface area contributed by atoms with Crippen molar-refractivity contribution in [1.82, 2.24) is 0 Å². The van der Waals surface area contributed by atoms with Gasteiger partial charge in [0.15, 0.2) is 5.78 Å². The maximum absolute atomic E-state index is 13.8. The molecular formula is C22H20ClF3O3. The molecule has 3 rings (SSSR count). The van der Waals surface area contributed by atoms with Crippen molar-refractivity contribution in [3.63, 3.8) is 0 Å². The predicted molar refractivity (Wildman–Crippen MR) is 106 cm³/mol. The zero-order valence-electron chi connectivity index (χ0n) is 16.3. The Labute approximate surface area is 171 Å². The number of carbonyl (C=O) groups is 1. The third kappa shape index (κ3) is 3.91. The lowest BCUT2D eigenvalue weighted by Crippen LogP contribution is -2.49. The Morgan fingerprint density at radius 1 is 0.931 bits per heavy atom. The Morgan fingerprint density at radius 3 is 2.03 bits per heavy atom. The summed E-state index contributed by atoms with van der Waals surface area (Å²) in [5, 5.41) is 11.2. The van der Waals surface area contributed by atoms with E-state index in [1.54, 1.807) is 24.3 Å². The van der Waals surface area contributed by atoms with E-state index in [1.165, 1.54) is 39.8 Å². The third-order valence-electron chi connectivity index (χ3n) is 4.86. The molecule has 1 aliphatic heterocycles. The van der Waals surface area contributed by atoms with Crippen LogP contribution in [0.25, 0.3) is 16.7 Å². The normalized spacial score (nSPS) is 18.8. The molecule has 0 aliphatic carbocycles. The number of rotatable bonds is 2. The first-order valence-corrected chi connectivity index (χ1v) is 9.28. The van der Waals surface area contributed by atoms with Crippen molar-refractivity contribution < 1.29 is 27.8 Å². The summed E-state index contributed by atoms with van der Waals surface area (Å²) >= 11 is 5.89. The monoisotopic (exact) mass is 424 g/mol. The van der Waals surface area contributed by atoms with Crippen LogP contribution in [0.2, 0.25) is 5.02 Å². The number of alkyl halides is 3. The molecule has 0 bridgehead atoms. The van der Waals surface area contributed by atoms with Crippen LogP contribution in [0.1, 0.15) is 38.8 Å². The smallest absolute Gasteiger partial charge is 0.417 e. The van der Waals surface area contributed by atoms with Crippen LogP contribution in [-0.2, 0) is 15.7 Å². The van der Waals surface area contributed by atoms with Gasteiger partial charge in [-0.25, -0.2) is 0 Å². The van der Waals surface area contributed by atoms with Crippen molar-refractivity contribution in [3.8, 4) is 11.1 Å². The Bertz CT molecular complexity index is 1000. The van der Waals surface area contributed by atoms with Gasteiger partial charge in [0.05, 0.1) is 11.1 Å². The first-order valence-electron chi connectivity index (χ1n) is 8.90. The molecule has 0 unspecified atom stereocenters. The summed E-state index contributed by atoms with van der Waals surface area (Å²) < 4.78 is 46.9. The van der Waals surface area contributed by atoms with Gasteiger partial charge in [-0.1, -0.05) is 29.8 Å². The lowest BCUT2D eigenvalue weighted by Gasteiger charge is -2.40. The van der Waals surface area contributed by atoms with E-state index in [-0.39, 0.29) is 11.1 Å². The van der Waals surface area contributed by atoms with E-state index < -0.39 is 34.5 Å². The summed E-state index contributed by atoms with van der Waals surface area (Å²) in [4.78, 5) is 13.0. The van der Waals surface area contributed by atoms with Crippen LogP contribution >= 0.6 is 11.6 Å². The minimum atomic E-state index is -4.71. The van der Waals surface area contributed by atoms with Crippen molar-refractivity contribution in [2.75, 3.05) is 0 Å². The van der Waals surface area contributed by atoms with Crippen LogP contribution in [0.15, 0.2) is 48.2 Å². The van der Waals surface area contributed by atoms with E-state index >= 15 is 0 Å². The Balaban J connectivity index is 2.32. The van der Waals surface area contributed by atoms with Crippen LogP contribution in [0.5, 0.6) is 0 Å². The van der Waals surface area contributed by atoms with Gasteiger partial charge in [-0.3, -0.25) is 4.79 Å². The molecule has 0 atom stereocenters.